The van der Waals surface area contributed by atoms with Crippen molar-refractivity contribution in [2.75, 3.05) is 14.1 Å². The van der Waals surface area contributed by atoms with Gasteiger partial charge in [-0.15, -0.1) is 0 Å². The van der Waals surface area contributed by atoms with E-state index in [4.69, 9.17) is 0 Å². The van der Waals surface area contributed by atoms with E-state index < -0.39 is 0 Å². The Labute approximate surface area is 97.2 Å². The minimum atomic E-state index is -0.0302. The molecule has 0 aliphatic carbocycles. The molecule has 0 aliphatic heterocycles. The minimum Gasteiger partial charge on any atom is -0.359 e. The molecule has 2 atom stereocenters. The summed E-state index contributed by atoms with van der Waals surface area (Å²) in [4.78, 5) is 11.8. The summed E-state index contributed by atoms with van der Waals surface area (Å²) in [5.74, 6) is 0.0584. The van der Waals surface area contributed by atoms with Crippen LogP contribution in [0.25, 0.3) is 0 Å². The van der Waals surface area contributed by atoms with Crippen molar-refractivity contribution >= 4 is 5.91 Å². The summed E-state index contributed by atoms with van der Waals surface area (Å²) < 4.78 is 0. The maximum Gasteiger partial charge on any atom is 0.224 e. The molecule has 0 fully saturated rings. The van der Waals surface area contributed by atoms with Gasteiger partial charge in [-0.2, -0.15) is 0 Å². The van der Waals surface area contributed by atoms with Crippen LogP contribution >= 0.6 is 0 Å². The SMILES string of the molecule is CNC(=O)C(Cc1ccccc1)C(C)NC. The first kappa shape index (κ1) is 12.7. The summed E-state index contributed by atoms with van der Waals surface area (Å²) >= 11 is 0. The van der Waals surface area contributed by atoms with E-state index in [0.29, 0.717) is 0 Å². The second kappa shape index (κ2) is 6.28. The molecular weight excluding hydrogens is 200 g/mol. The fourth-order valence-electron chi connectivity index (χ4n) is 1.75. The molecule has 88 valence electrons. The highest BCUT2D eigenvalue weighted by Gasteiger charge is 2.23. The molecule has 0 saturated heterocycles. The number of rotatable bonds is 5. The first-order valence-corrected chi connectivity index (χ1v) is 5.61. The Morgan fingerprint density at radius 2 is 1.88 bits per heavy atom. The van der Waals surface area contributed by atoms with Gasteiger partial charge in [-0.1, -0.05) is 30.3 Å². The van der Waals surface area contributed by atoms with E-state index in [9.17, 15) is 4.79 Å². The summed E-state index contributed by atoms with van der Waals surface area (Å²) in [6.45, 7) is 2.03. The smallest absolute Gasteiger partial charge is 0.224 e. The highest BCUT2D eigenvalue weighted by atomic mass is 16.1. The van der Waals surface area contributed by atoms with Crippen LogP contribution in [0.5, 0.6) is 0 Å². The monoisotopic (exact) mass is 220 g/mol. The number of hydrogen-bond acceptors (Lipinski definition) is 2. The van der Waals surface area contributed by atoms with E-state index in [1.807, 2.05) is 32.2 Å². The third-order valence-electron chi connectivity index (χ3n) is 2.94. The Kier molecular flexibility index (Phi) is 4.99. The van der Waals surface area contributed by atoms with Crippen molar-refractivity contribution in [3.8, 4) is 0 Å². The highest BCUT2D eigenvalue weighted by molar-refractivity contribution is 5.79. The molecule has 1 rings (SSSR count). The molecule has 0 spiro atoms. The van der Waals surface area contributed by atoms with Gasteiger partial charge in [0.1, 0.15) is 0 Å². The maximum atomic E-state index is 11.8. The van der Waals surface area contributed by atoms with E-state index in [2.05, 4.69) is 22.8 Å². The quantitative estimate of drug-likeness (QED) is 0.783. The van der Waals surface area contributed by atoms with Gasteiger partial charge in [0.15, 0.2) is 0 Å². The molecule has 0 bridgehead atoms. The summed E-state index contributed by atoms with van der Waals surface area (Å²) in [5, 5.41) is 5.86. The largest absolute Gasteiger partial charge is 0.359 e. The lowest BCUT2D eigenvalue weighted by Gasteiger charge is -2.22. The predicted octanol–water partition coefficient (Wildman–Crippen LogP) is 1.20. The predicted molar refractivity (Wildman–Crippen MR) is 66.2 cm³/mol. The van der Waals surface area contributed by atoms with Crippen molar-refractivity contribution < 1.29 is 4.79 Å². The molecule has 3 nitrogen and oxygen atoms in total. The average molecular weight is 220 g/mol. The van der Waals surface area contributed by atoms with Gasteiger partial charge in [-0.05, 0) is 26.0 Å². The Morgan fingerprint density at radius 3 is 2.38 bits per heavy atom. The van der Waals surface area contributed by atoms with Gasteiger partial charge in [0.2, 0.25) is 5.91 Å². The van der Waals surface area contributed by atoms with E-state index in [-0.39, 0.29) is 17.9 Å². The first-order valence-electron chi connectivity index (χ1n) is 5.61. The van der Waals surface area contributed by atoms with Crippen LogP contribution in [-0.2, 0) is 11.2 Å². The third kappa shape index (κ3) is 3.35. The fourth-order valence-corrected chi connectivity index (χ4v) is 1.75. The van der Waals surface area contributed by atoms with Crippen LogP contribution in [-0.4, -0.2) is 26.0 Å². The van der Waals surface area contributed by atoms with Gasteiger partial charge in [0.05, 0.1) is 5.92 Å². The van der Waals surface area contributed by atoms with Gasteiger partial charge >= 0.3 is 0 Å². The number of carbonyl (C=O) groups is 1. The second-order valence-electron chi connectivity index (χ2n) is 3.99. The molecule has 0 radical (unpaired) electrons. The summed E-state index contributed by atoms with van der Waals surface area (Å²) in [7, 11) is 3.56. The topological polar surface area (TPSA) is 41.1 Å². The lowest BCUT2D eigenvalue weighted by Crippen LogP contribution is -2.41. The molecule has 16 heavy (non-hydrogen) atoms. The zero-order chi connectivity index (χ0) is 12.0. The van der Waals surface area contributed by atoms with Crippen molar-refractivity contribution in [1.29, 1.82) is 0 Å². The molecule has 1 aromatic rings. The fraction of sp³-hybridized carbons (Fsp3) is 0.462. The lowest BCUT2D eigenvalue weighted by molar-refractivity contribution is -0.125. The van der Waals surface area contributed by atoms with Crippen molar-refractivity contribution in [2.45, 2.75) is 19.4 Å². The van der Waals surface area contributed by atoms with Gasteiger partial charge in [0.25, 0.3) is 0 Å². The molecular formula is C13H20N2O. The average Bonchev–Trinajstić information content (AvgIpc) is 2.35. The molecule has 2 N–H and O–H groups in total. The van der Waals surface area contributed by atoms with Crippen LogP contribution < -0.4 is 10.6 Å². The number of amides is 1. The Morgan fingerprint density at radius 1 is 1.25 bits per heavy atom. The molecule has 1 aromatic carbocycles. The van der Waals surface area contributed by atoms with Gasteiger partial charge in [-0.25, -0.2) is 0 Å². The summed E-state index contributed by atoms with van der Waals surface area (Å²) in [6, 6.07) is 10.3. The van der Waals surface area contributed by atoms with Gasteiger partial charge in [-0.3, -0.25) is 4.79 Å². The zero-order valence-corrected chi connectivity index (χ0v) is 10.2. The third-order valence-corrected chi connectivity index (χ3v) is 2.94. The van der Waals surface area contributed by atoms with Crippen molar-refractivity contribution in [2.24, 2.45) is 5.92 Å². The number of benzene rings is 1. The van der Waals surface area contributed by atoms with Crippen LogP contribution in [0.2, 0.25) is 0 Å². The van der Waals surface area contributed by atoms with E-state index in [1.165, 1.54) is 5.56 Å². The van der Waals surface area contributed by atoms with E-state index >= 15 is 0 Å². The molecule has 1 amide bonds. The Hall–Kier alpha value is -1.35. The van der Waals surface area contributed by atoms with Crippen molar-refractivity contribution in [3.05, 3.63) is 35.9 Å². The van der Waals surface area contributed by atoms with E-state index in [0.717, 1.165) is 6.42 Å². The normalized spacial score (nSPS) is 14.2. The van der Waals surface area contributed by atoms with Crippen LogP contribution in [0, 0.1) is 5.92 Å². The zero-order valence-electron chi connectivity index (χ0n) is 10.2. The Bertz CT molecular complexity index is 324. The number of carbonyl (C=O) groups excluding carboxylic acids is 1. The van der Waals surface area contributed by atoms with Crippen LogP contribution in [0.1, 0.15) is 12.5 Å². The van der Waals surface area contributed by atoms with Crippen LogP contribution in [0.4, 0.5) is 0 Å². The summed E-state index contributed by atoms with van der Waals surface area (Å²) in [6.07, 6.45) is 0.766. The highest BCUT2D eigenvalue weighted by Crippen LogP contribution is 2.12. The molecule has 2 unspecified atom stereocenters. The van der Waals surface area contributed by atoms with Crippen LogP contribution in [0.3, 0.4) is 0 Å². The standard InChI is InChI=1S/C13H20N2O/c1-10(14-2)12(13(16)15-3)9-11-7-5-4-6-8-11/h4-8,10,12,14H,9H2,1-3H3,(H,15,16). The second-order valence-corrected chi connectivity index (χ2v) is 3.99. The van der Waals surface area contributed by atoms with Gasteiger partial charge in [0, 0.05) is 13.1 Å². The molecule has 0 heterocycles. The number of nitrogens with one attached hydrogen (secondary N) is 2. The first-order chi connectivity index (χ1) is 7.69. The maximum absolute atomic E-state index is 11.8. The van der Waals surface area contributed by atoms with Crippen molar-refractivity contribution in [3.63, 3.8) is 0 Å². The summed E-state index contributed by atoms with van der Waals surface area (Å²) in [5.41, 5.74) is 1.19. The van der Waals surface area contributed by atoms with E-state index in [1.54, 1.807) is 7.05 Å². The molecule has 3 heteroatoms. The minimum absolute atomic E-state index is 0.0302. The molecule has 0 aliphatic rings. The Balaban J connectivity index is 2.75. The molecule has 0 saturated carbocycles. The lowest BCUT2D eigenvalue weighted by atomic mass is 9.92. The molecule has 0 aromatic heterocycles. The number of hydrogen-bond donors (Lipinski definition) is 2. The van der Waals surface area contributed by atoms with Gasteiger partial charge < -0.3 is 10.6 Å². The van der Waals surface area contributed by atoms with Crippen molar-refractivity contribution in [1.82, 2.24) is 10.6 Å². The van der Waals surface area contributed by atoms with Crippen LogP contribution in [0.15, 0.2) is 30.3 Å².